The molecule has 3 aromatic rings. The number of hydrogen-bond donors (Lipinski definition) is 1. The summed E-state index contributed by atoms with van der Waals surface area (Å²) < 4.78 is 37.2. The maximum Gasteiger partial charge on any atom is 0.178 e. The van der Waals surface area contributed by atoms with Crippen LogP contribution in [0.4, 0.5) is 10.2 Å². The summed E-state index contributed by atoms with van der Waals surface area (Å²) in [6.07, 6.45) is 0.993. The molecule has 3 rings (SSSR count). The quantitative estimate of drug-likeness (QED) is 0.741. The van der Waals surface area contributed by atoms with Crippen LogP contribution in [0.5, 0.6) is 0 Å². The fraction of sp³-hybridized carbons (Fsp3) is 0.294. The van der Waals surface area contributed by atoms with E-state index in [1.54, 1.807) is 17.4 Å². The first kappa shape index (κ1) is 17.8. The number of aryl methyl sites for hydroxylation is 2. The molecule has 0 fully saturated rings. The number of hydrogen-bond acceptors (Lipinski definition) is 6. The van der Waals surface area contributed by atoms with Gasteiger partial charge in [0.1, 0.15) is 27.2 Å². The summed E-state index contributed by atoms with van der Waals surface area (Å²) in [7, 11) is -3.58. The van der Waals surface area contributed by atoms with Crippen molar-refractivity contribution in [2.45, 2.75) is 31.7 Å². The first-order chi connectivity index (χ1) is 11.7. The Balaban J connectivity index is 1.97. The Morgan fingerprint density at radius 3 is 2.60 bits per heavy atom. The fourth-order valence-corrected chi connectivity index (χ4v) is 4.37. The van der Waals surface area contributed by atoms with E-state index < -0.39 is 15.7 Å². The van der Waals surface area contributed by atoms with Gasteiger partial charge in [-0.25, -0.2) is 22.8 Å². The number of nitrogens with one attached hydrogen (secondary N) is 1. The number of aromatic nitrogens is 2. The molecule has 0 saturated heterocycles. The molecular formula is C17H18FN3O2S2. The molecule has 1 aromatic carbocycles. The van der Waals surface area contributed by atoms with Gasteiger partial charge >= 0.3 is 0 Å². The Hall–Kier alpha value is -2.06. The molecule has 2 aromatic heterocycles. The average molecular weight is 379 g/mol. The SMILES string of the molecule is Cc1nc(NC(C)c2ccc(S(C)(=O)=O)c(F)c2)c2c(C)csc2n1. The van der Waals surface area contributed by atoms with Crippen LogP contribution in [-0.4, -0.2) is 24.6 Å². The topological polar surface area (TPSA) is 72.0 Å². The highest BCUT2D eigenvalue weighted by Crippen LogP contribution is 2.31. The highest BCUT2D eigenvalue weighted by molar-refractivity contribution is 7.90. The van der Waals surface area contributed by atoms with Crippen LogP contribution in [0, 0.1) is 19.7 Å². The number of fused-ring (bicyclic) bond motifs is 1. The van der Waals surface area contributed by atoms with Gasteiger partial charge in [-0.2, -0.15) is 0 Å². The third-order valence-electron chi connectivity index (χ3n) is 3.94. The lowest BCUT2D eigenvalue weighted by molar-refractivity contribution is 0.568. The summed E-state index contributed by atoms with van der Waals surface area (Å²) in [6, 6.07) is 3.91. The van der Waals surface area contributed by atoms with E-state index in [4.69, 9.17) is 0 Å². The number of anilines is 1. The predicted octanol–water partition coefficient (Wildman–Crippen LogP) is 4.02. The van der Waals surface area contributed by atoms with Crippen molar-refractivity contribution < 1.29 is 12.8 Å². The van der Waals surface area contributed by atoms with Crippen molar-refractivity contribution in [3.05, 3.63) is 46.3 Å². The highest BCUT2D eigenvalue weighted by atomic mass is 32.2. The van der Waals surface area contributed by atoms with Crippen LogP contribution in [-0.2, 0) is 9.84 Å². The first-order valence-corrected chi connectivity index (χ1v) is 10.4. The Kier molecular flexibility index (Phi) is 4.51. The summed E-state index contributed by atoms with van der Waals surface area (Å²) in [4.78, 5) is 9.51. The molecule has 0 saturated carbocycles. The Morgan fingerprint density at radius 2 is 1.96 bits per heavy atom. The highest BCUT2D eigenvalue weighted by Gasteiger charge is 2.17. The summed E-state index contributed by atoms with van der Waals surface area (Å²) in [5.74, 6) is 0.605. The van der Waals surface area contributed by atoms with Gasteiger partial charge in [-0.05, 0) is 49.4 Å². The molecule has 0 bridgehead atoms. The molecule has 0 aliphatic rings. The van der Waals surface area contributed by atoms with Crippen LogP contribution in [0.3, 0.4) is 0 Å². The minimum absolute atomic E-state index is 0.250. The van der Waals surface area contributed by atoms with Gasteiger partial charge in [0.15, 0.2) is 9.84 Å². The van der Waals surface area contributed by atoms with Crippen LogP contribution >= 0.6 is 11.3 Å². The van der Waals surface area contributed by atoms with Crippen molar-refractivity contribution in [3.63, 3.8) is 0 Å². The minimum Gasteiger partial charge on any atom is -0.363 e. The smallest absolute Gasteiger partial charge is 0.178 e. The monoisotopic (exact) mass is 379 g/mol. The second-order valence-electron chi connectivity index (χ2n) is 6.05. The zero-order valence-corrected chi connectivity index (χ0v) is 15.9. The number of halogens is 1. The van der Waals surface area contributed by atoms with E-state index in [2.05, 4.69) is 15.3 Å². The van der Waals surface area contributed by atoms with Crippen LogP contribution in [0.1, 0.15) is 29.9 Å². The van der Waals surface area contributed by atoms with Crippen molar-refractivity contribution >= 4 is 37.2 Å². The van der Waals surface area contributed by atoms with Gasteiger partial charge in [-0.3, -0.25) is 0 Å². The molecule has 1 atom stereocenters. The number of nitrogens with zero attached hydrogens (tertiary/aromatic N) is 2. The van der Waals surface area contributed by atoms with Gasteiger partial charge < -0.3 is 5.32 Å². The number of rotatable bonds is 4. The predicted molar refractivity (Wildman–Crippen MR) is 98.4 cm³/mol. The summed E-state index contributed by atoms with van der Waals surface area (Å²) in [6.45, 7) is 5.69. The van der Waals surface area contributed by atoms with Crippen molar-refractivity contribution in [3.8, 4) is 0 Å². The lowest BCUT2D eigenvalue weighted by Crippen LogP contribution is -2.11. The molecule has 0 amide bonds. The third kappa shape index (κ3) is 3.50. The van der Waals surface area contributed by atoms with Gasteiger partial charge in [0, 0.05) is 6.26 Å². The molecular weight excluding hydrogens is 361 g/mol. The van der Waals surface area contributed by atoms with E-state index in [0.717, 1.165) is 22.0 Å². The molecule has 8 heteroatoms. The van der Waals surface area contributed by atoms with E-state index in [1.165, 1.54) is 12.1 Å². The lowest BCUT2D eigenvalue weighted by Gasteiger charge is -2.17. The number of sulfone groups is 1. The maximum atomic E-state index is 14.1. The molecule has 0 aliphatic carbocycles. The maximum absolute atomic E-state index is 14.1. The molecule has 1 N–H and O–H groups in total. The lowest BCUT2D eigenvalue weighted by atomic mass is 10.1. The fourth-order valence-electron chi connectivity index (χ4n) is 2.67. The summed E-state index contributed by atoms with van der Waals surface area (Å²) in [5, 5.41) is 6.27. The van der Waals surface area contributed by atoms with E-state index in [-0.39, 0.29) is 10.9 Å². The van der Waals surface area contributed by atoms with Crippen molar-refractivity contribution in [1.29, 1.82) is 0 Å². The Bertz CT molecular complexity index is 1060. The van der Waals surface area contributed by atoms with Gasteiger partial charge in [-0.1, -0.05) is 6.07 Å². The summed E-state index contributed by atoms with van der Waals surface area (Å²) >= 11 is 1.55. The number of benzene rings is 1. The van der Waals surface area contributed by atoms with E-state index in [9.17, 15) is 12.8 Å². The minimum atomic E-state index is -3.58. The molecule has 0 aliphatic heterocycles. The Morgan fingerprint density at radius 1 is 1.24 bits per heavy atom. The average Bonchev–Trinajstić information content (AvgIpc) is 2.86. The van der Waals surface area contributed by atoms with E-state index >= 15 is 0 Å². The first-order valence-electron chi connectivity index (χ1n) is 7.65. The normalized spacial score (nSPS) is 13.2. The Labute approximate surface area is 149 Å². The van der Waals surface area contributed by atoms with Gasteiger partial charge in [0.05, 0.1) is 11.4 Å². The molecule has 0 radical (unpaired) electrons. The molecule has 25 heavy (non-hydrogen) atoms. The molecule has 5 nitrogen and oxygen atoms in total. The van der Waals surface area contributed by atoms with Crippen molar-refractivity contribution in [2.75, 3.05) is 11.6 Å². The molecule has 0 spiro atoms. The van der Waals surface area contributed by atoms with Crippen LogP contribution in [0.15, 0.2) is 28.5 Å². The second-order valence-corrected chi connectivity index (χ2v) is 8.89. The van der Waals surface area contributed by atoms with Crippen LogP contribution in [0.25, 0.3) is 10.2 Å². The van der Waals surface area contributed by atoms with Crippen LogP contribution < -0.4 is 5.32 Å². The molecule has 1 unspecified atom stereocenters. The standard InChI is InChI=1S/C17H18FN3O2S2/c1-9-8-24-17-15(9)16(20-11(3)21-17)19-10(2)12-5-6-14(13(18)7-12)25(4,22)23/h5-8,10H,1-4H3,(H,19,20,21). The van der Waals surface area contributed by atoms with Crippen molar-refractivity contribution in [1.82, 2.24) is 9.97 Å². The zero-order valence-electron chi connectivity index (χ0n) is 14.3. The second kappa shape index (κ2) is 6.34. The van der Waals surface area contributed by atoms with Gasteiger partial charge in [-0.15, -0.1) is 11.3 Å². The van der Waals surface area contributed by atoms with E-state index in [1.807, 2.05) is 26.2 Å². The van der Waals surface area contributed by atoms with Gasteiger partial charge in [0.25, 0.3) is 0 Å². The van der Waals surface area contributed by atoms with Crippen molar-refractivity contribution in [2.24, 2.45) is 0 Å². The molecule has 2 heterocycles. The third-order valence-corrected chi connectivity index (χ3v) is 6.06. The zero-order chi connectivity index (χ0) is 18.4. The summed E-state index contributed by atoms with van der Waals surface area (Å²) in [5.41, 5.74) is 1.72. The molecule has 132 valence electrons. The largest absolute Gasteiger partial charge is 0.363 e. The number of thiophene rings is 1. The van der Waals surface area contributed by atoms with Crippen LogP contribution in [0.2, 0.25) is 0 Å². The van der Waals surface area contributed by atoms with E-state index in [0.29, 0.717) is 17.2 Å². The van der Waals surface area contributed by atoms with Gasteiger partial charge in [0.2, 0.25) is 0 Å².